The first-order chi connectivity index (χ1) is 6.40. The maximum atomic E-state index is 5.21. The highest BCUT2D eigenvalue weighted by atomic mass is 35.5. The lowest BCUT2D eigenvalue weighted by Crippen LogP contribution is -2.26. The van der Waals surface area contributed by atoms with Gasteiger partial charge >= 0.3 is 0 Å². The minimum Gasteiger partial charge on any atom is -0.339 e. The first-order valence-corrected chi connectivity index (χ1v) is 4.93. The van der Waals surface area contributed by atoms with Crippen molar-refractivity contribution in [3.05, 3.63) is 11.7 Å². The molecule has 5 heteroatoms. The van der Waals surface area contributed by atoms with Gasteiger partial charge in [0.1, 0.15) is 0 Å². The van der Waals surface area contributed by atoms with Gasteiger partial charge in [0, 0.05) is 12.3 Å². The molecule has 1 aromatic heterocycles. The van der Waals surface area contributed by atoms with Gasteiger partial charge in [-0.15, -0.1) is 12.4 Å². The molecule has 0 radical (unpaired) electrons. The zero-order valence-corrected chi connectivity index (χ0v) is 9.14. The molecule has 1 saturated heterocycles. The van der Waals surface area contributed by atoms with Crippen molar-refractivity contribution in [3.8, 4) is 0 Å². The molecule has 14 heavy (non-hydrogen) atoms. The Morgan fingerprint density at radius 1 is 1.43 bits per heavy atom. The zero-order chi connectivity index (χ0) is 9.10. The van der Waals surface area contributed by atoms with Crippen molar-refractivity contribution in [2.45, 2.75) is 32.1 Å². The Morgan fingerprint density at radius 3 is 2.71 bits per heavy atom. The number of hydrogen-bond donors (Lipinski definition) is 1. The second-order valence-corrected chi connectivity index (χ2v) is 3.43. The van der Waals surface area contributed by atoms with Gasteiger partial charge in [0.15, 0.2) is 5.82 Å². The summed E-state index contributed by atoms with van der Waals surface area (Å²) < 4.78 is 5.21. The van der Waals surface area contributed by atoms with Crippen molar-refractivity contribution in [3.63, 3.8) is 0 Å². The number of piperidine rings is 1. The van der Waals surface area contributed by atoms with Crippen molar-refractivity contribution in [2.75, 3.05) is 13.1 Å². The monoisotopic (exact) mass is 217 g/mol. The Labute approximate surface area is 89.9 Å². The number of nitrogens with one attached hydrogen (secondary N) is 1. The molecule has 0 aromatic carbocycles. The van der Waals surface area contributed by atoms with Crippen LogP contribution >= 0.6 is 12.4 Å². The fourth-order valence-electron chi connectivity index (χ4n) is 1.65. The summed E-state index contributed by atoms with van der Waals surface area (Å²) in [6, 6.07) is 0. The fraction of sp³-hybridized carbons (Fsp3) is 0.778. The number of nitrogens with zero attached hydrogens (tertiary/aromatic N) is 2. The first-order valence-electron chi connectivity index (χ1n) is 4.93. The molecule has 2 heterocycles. The van der Waals surface area contributed by atoms with Crippen LogP contribution < -0.4 is 5.32 Å². The number of rotatable bonds is 2. The lowest BCUT2D eigenvalue weighted by atomic mass is 9.98. The van der Waals surface area contributed by atoms with Crippen LogP contribution in [0, 0.1) is 0 Å². The molecule has 2 rings (SSSR count). The summed E-state index contributed by atoms with van der Waals surface area (Å²) in [6.07, 6.45) is 3.09. The Hall–Kier alpha value is -0.610. The number of aromatic nitrogens is 2. The third-order valence-corrected chi connectivity index (χ3v) is 2.49. The van der Waals surface area contributed by atoms with Gasteiger partial charge in [-0.05, 0) is 25.9 Å². The Morgan fingerprint density at radius 2 is 2.14 bits per heavy atom. The minimum atomic E-state index is 0. The molecule has 1 fully saturated rings. The maximum Gasteiger partial charge on any atom is 0.229 e. The van der Waals surface area contributed by atoms with Crippen LogP contribution in [0.25, 0.3) is 0 Å². The molecule has 80 valence electrons. The average Bonchev–Trinajstić information content (AvgIpc) is 2.67. The summed E-state index contributed by atoms with van der Waals surface area (Å²) in [5, 5.41) is 7.22. The third-order valence-electron chi connectivity index (χ3n) is 2.49. The van der Waals surface area contributed by atoms with Crippen LogP contribution in [0.4, 0.5) is 0 Å². The highest BCUT2D eigenvalue weighted by Crippen LogP contribution is 2.23. The van der Waals surface area contributed by atoms with E-state index in [1.165, 1.54) is 0 Å². The molecule has 0 amide bonds. The van der Waals surface area contributed by atoms with Crippen molar-refractivity contribution in [2.24, 2.45) is 0 Å². The normalized spacial score (nSPS) is 17.8. The van der Waals surface area contributed by atoms with Gasteiger partial charge < -0.3 is 9.84 Å². The summed E-state index contributed by atoms with van der Waals surface area (Å²) in [5.41, 5.74) is 0. The molecule has 0 saturated carbocycles. The molecule has 1 aliphatic heterocycles. The van der Waals surface area contributed by atoms with Gasteiger partial charge in [-0.2, -0.15) is 4.98 Å². The highest BCUT2D eigenvalue weighted by Gasteiger charge is 2.20. The van der Waals surface area contributed by atoms with E-state index >= 15 is 0 Å². The second kappa shape index (κ2) is 5.32. The summed E-state index contributed by atoms with van der Waals surface area (Å²) in [5.74, 6) is 2.14. The Kier molecular flexibility index (Phi) is 4.35. The molecule has 0 atom stereocenters. The number of aryl methyl sites for hydroxylation is 1. The van der Waals surface area contributed by atoms with E-state index in [0.29, 0.717) is 5.92 Å². The van der Waals surface area contributed by atoms with Gasteiger partial charge in [0.25, 0.3) is 0 Å². The smallest absolute Gasteiger partial charge is 0.229 e. The van der Waals surface area contributed by atoms with Crippen LogP contribution in [0.3, 0.4) is 0 Å². The number of halogens is 1. The van der Waals surface area contributed by atoms with E-state index in [0.717, 1.165) is 44.1 Å². The van der Waals surface area contributed by atoms with E-state index in [1.54, 1.807) is 0 Å². The molecular formula is C9H16ClN3O. The lowest BCUT2D eigenvalue weighted by Gasteiger charge is -2.18. The van der Waals surface area contributed by atoms with Crippen LogP contribution in [0.5, 0.6) is 0 Å². The molecule has 0 aliphatic carbocycles. The molecule has 1 aromatic rings. The third kappa shape index (κ3) is 2.45. The minimum absolute atomic E-state index is 0. The predicted octanol–water partition coefficient (Wildman–Crippen LogP) is 1.52. The molecule has 1 aliphatic rings. The van der Waals surface area contributed by atoms with Crippen LogP contribution in [0.15, 0.2) is 4.52 Å². The maximum absolute atomic E-state index is 5.21. The van der Waals surface area contributed by atoms with E-state index in [-0.39, 0.29) is 12.4 Å². The average molecular weight is 218 g/mol. The largest absolute Gasteiger partial charge is 0.339 e. The lowest BCUT2D eigenvalue weighted by molar-refractivity contribution is 0.318. The Balaban J connectivity index is 0.000000980. The fourth-order valence-corrected chi connectivity index (χ4v) is 1.65. The van der Waals surface area contributed by atoms with Gasteiger partial charge in [-0.1, -0.05) is 12.1 Å². The summed E-state index contributed by atoms with van der Waals surface area (Å²) in [4.78, 5) is 4.35. The predicted molar refractivity (Wildman–Crippen MR) is 55.8 cm³/mol. The molecule has 0 unspecified atom stereocenters. The van der Waals surface area contributed by atoms with Gasteiger partial charge in [-0.25, -0.2) is 0 Å². The summed E-state index contributed by atoms with van der Waals surface area (Å²) in [6.45, 7) is 4.17. The molecule has 0 spiro atoms. The van der Waals surface area contributed by atoms with Crippen molar-refractivity contribution in [1.29, 1.82) is 0 Å². The van der Waals surface area contributed by atoms with Crippen molar-refractivity contribution < 1.29 is 4.52 Å². The van der Waals surface area contributed by atoms with Gasteiger partial charge in [0.2, 0.25) is 5.89 Å². The molecular weight excluding hydrogens is 202 g/mol. The van der Waals surface area contributed by atoms with Gasteiger partial charge in [-0.3, -0.25) is 0 Å². The van der Waals surface area contributed by atoms with Crippen LogP contribution in [-0.2, 0) is 6.42 Å². The second-order valence-electron chi connectivity index (χ2n) is 3.43. The van der Waals surface area contributed by atoms with Crippen molar-refractivity contribution in [1.82, 2.24) is 15.5 Å². The molecule has 4 nitrogen and oxygen atoms in total. The molecule has 0 bridgehead atoms. The molecule has 1 N–H and O–H groups in total. The number of hydrogen-bond acceptors (Lipinski definition) is 4. The summed E-state index contributed by atoms with van der Waals surface area (Å²) in [7, 11) is 0. The van der Waals surface area contributed by atoms with Crippen LogP contribution in [0.1, 0.15) is 37.4 Å². The van der Waals surface area contributed by atoms with E-state index in [2.05, 4.69) is 15.5 Å². The standard InChI is InChI=1S/C9H15N3O.ClH/c1-2-8-11-9(13-12-8)7-3-5-10-6-4-7;/h7,10H,2-6H2,1H3;1H. The van der Waals surface area contributed by atoms with E-state index in [4.69, 9.17) is 4.52 Å². The topological polar surface area (TPSA) is 51.0 Å². The van der Waals surface area contributed by atoms with Gasteiger partial charge in [0.05, 0.1) is 0 Å². The SMILES string of the molecule is CCc1noc(C2CCNCC2)n1.Cl. The Bertz CT molecular complexity index is 271. The highest BCUT2D eigenvalue weighted by molar-refractivity contribution is 5.85. The quantitative estimate of drug-likeness (QED) is 0.816. The van der Waals surface area contributed by atoms with Crippen LogP contribution in [-0.4, -0.2) is 23.2 Å². The first kappa shape index (κ1) is 11.5. The van der Waals surface area contributed by atoms with E-state index < -0.39 is 0 Å². The zero-order valence-electron chi connectivity index (χ0n) is 8.32. The van der Waals surface area contributed by atoms with E-state index in [9.17, 15) is 0 Å². The van der Waals surface area contributed by atoms with Crippen molar-refractivity contribution >= 4 is 12.4 Å². The van der Waals surface area contributed by atoms with Crippen LogP contribution in [0.2, 0.25) is 0 Å². The summed E-state index contributed by atoms with van der Waals surface area (Å²) >= 11 is 0. The van der Waals surface area contributed by atoms with E-state index in [1.807, 2.05) is 6.92 Å².